The van der Waals surface area contributed by atoms with Gasteiger partial charge in [-0.2, -0.15) is 0 Å². The summed E-state index contributed by atoms with van der Waals surface area (Å²) < 4.78 is 4.87. The van der Waals surface area contributed by atoms with Gasteiger partial charge in [0.05, 0.1) is 33.3 Å². The number of hydrogen-bond acceptors (Lipinski definition) is 2. The van der Waals surface area contributed by atoms with E-state index in [1.54, 1.807) is 0 Å². The predicted octanol–water partition coefficient (Wildman–Crippen LogP) is 14.1. The molecule has 1 aliphatic carbocycles. The average molecular weight is 747 g/mol. The van der Waals surface area contributed by atoms with E-state index in [1.807, 2.05) is 0 Å². The number of benzene rings is 8. The molecule has 8 aromatic carbocycles. The molecule has 58 heavy (non-hydrogen) atoms. The third-order valence-corrected chi connectivity index (χ3v) is 13.3. The summed E-state index contributed by atoms with van der Waals surface area (Å²) in [4.78, 5) is 11.0. The fraction of sp³-hybridized carbons (Fsp3) is 0.148. The Morgan fingerprint density at radius 3 is 1.91 bits per heavy atom. The first-order valence-electron chi connectivity index (χ1n) is 20.6. The average Bonchev–Trinajstić information content (AvgIpc) is 3.77. The molecule has 0 aliphatic heterocycles. The Hall–Kier alpha value is -6.78. The zero-order valence-corrected chi connectivity index (χ0v) is 33.2. The number of fused-ring (bicyclic) bond motifs is 12. The zero-order chi connectivity index (χ0) is 38.9. The molecule has 0 saturated carbocycles. The molecule has 0 bridgehead atoms. The topological polar surface area (TPSA) is 35.6 Å². The van der Waals surface area contributed by atoms with Gasteiger partial charge in [0, 0.05) is 43.6 Å². The maximum Gasteiger partial charge on any atom is 0.235 e. The van der Waals surface area contributed by atoms with Crippen LogP contribution < -0.4 is 0 Å². The molecule has 11 aromatic rings. The molecule has 4 nitrogen and oxygen atoms in total. The molecular weight excluding hydrogens is 705 g/mol. The second-order valence-electron chi connectivity index (χ2n) is 17.7. The van der Waals surface area contributed by atoms with Gasteiger partial charge in [0.25, 0.3) is 0 Å². The molecule has 0 fully saturated rings. The summed E-state index contributed by atoms with van der Waals surface area (Å²) in [7, 11) is 0. The smallest absolute Gasteiger partial charge is 0.235 e. The van der Waals surface area contributed by atoms with Crippen LogP contribution in [0.25, 0.3) is 99.0 Å². The molecular formula is C54H42N4. The largest absolute Gasteiger partial charge is 0.309 e. The van der Waals surface area contributed by atoms with Gasteiger partial charge >= 0.3 is 0 Å². The molecule has 0 N–H and O–H groups in total. The summed E-state index contributed by atoms with van der Waals surface area (Å²) in [5, 5.41) is 10.8. The van der Waals surface area contributed by atoms with E-state index in [4.69, 9.17) is 9.97 Å². The minimum Gasteiger partial charge on any atom is -0.309 e. The van der Waals surface area contributed by atoms with Crippen molar-refractivity contribution >= 4 is 76.1 Å². The van der Waals surface area contributed by atoms with E-state index in [9.17, 15) is 0 Å². The SMILES string of the molecule is CC1(C)CCC(C)(C)c2cc3c(cc21)c1ccc2c(c4ccc5ccccc5c4n2-c2nc(-c4ccc5ccccc5c4)c4ccccc4n2)c1n3-c1ccccc1. The molecule has 3 aromatic heterocycles. The van der Waals surface area contributed by atoms with E-state index in [0.29, 0.717) is 5.95 Å². The van der Waals surface area contributed by atoms with E-state index in [0.717, 1.165) is 38.9 Å². The fourth-order valence-corrected chi connectivity index (χ4v) is 10.2. The summed E-state index contributed by atoms with van der Waals surface area (Å²) in [6.07, 6.45) is 2.34. The molecule has 0 atom stereocenters. The molecule has 0 saturated heterocycles. The highest BCUT2D eigenvalue weighted by Crippen LogP contribution is 2.50. The van der Waals surface area contributed by atoms with Crippen molar-refractivity contribution in [1.29, 1.82) is 0 Å². The normalized spacial score (nSPS) is 15.0. The maximum absolute atomic E-state index is 5.56. The fourth-order valence-electron chi connectivity index (χ4n) is 10.2. The molecule has 0 radical (unpaired) electrons. The highest BCUT2D eigenvalue weighted by molar-refractivity contribution is 6.29. The van der Waals surface area contributed by atoms with Crippen LogP contribution in [-0.2, 0) is 10.8 Å². The van der Waals surface area contributed by atoms with Crippen LogP contribution in [0.5, 0.6) is 0 Å². The number of rotatable bonds is 3. The second kappa shape index (κ2) is 11.9. The van der Waals surface area contributed by atoms with Gasteiger partial charge in [-0.3, -0.25) is 4.57 Å². The molecule has 0 amide bonds. The molecule has 0 spiro atoms. The standard InChI is InChI=1S/C54H42N4/c1-53(2)28-29-54(3,4)44-32-47-42(31-43(44)53)39-26-27-46-48(51(39)57(47)37-17-6-5-7-18-37)41-25-24-34-15-10-11-19-38(34)50(41)58(46)52-55-45-21-13-12-20-40(45)49(56-52)36-23-22-33-14-8-9-16-35(33)30-36/h5-27,30-32H,28-29H2,1-4H3. The second-order valence-corrected chi connectivity index (χ2v) is 17.7. The molecule has 12 rings (SSSR count). The first-order chi connectivity index (χ1) is 28.2. The lowest BCUT2D eigenvalue weighted by Crippen LogP contribution is -2.33. The predicted molar refractivity (Wildman–Crippen MR) is 244 cm³/mol. The quantitative estimate of drug-likeness (QED) is 0.180. The maximum atomic E-state index is 5.56. The Balaban J connectivity index is 1.26. The van der Waals surface area contributed by atoms with E-state index in [-0.39, 0.29) is 10.8 Å². The van der Waals surface area contributed by atoms with Crippen molar-refractivity contribution in [1.82, 2.24) is 19.1 Å². The van der Waals surface area contributed by atoms with Gasteiger partial charge in [-0.25, -0.2) is 9.97 Å². The highest BCUT2D eigenvalue weighted by atomic mass is 15.2. The minimum absolute atomic E-state index is 0.0808. The van der Waals surface area contributed by atoms with Crippen molar-refractivity contribution in [2.24, 2.45) is 0 Å². The molecule has 1 aliphatic rings. The van der Waals surface area contributed by atoms with E-state index >= 15 is 0 Å². The molecule has 0 unspecified atom stereocenters. The number of hydrogen-bond donors (Lipinski definition) is 0. The van der Waals surface area contributed by atoms with Crippen molar-refractivity contribution in [2.75, 3.05) is 0 Å². The first kappa shape index (κ1) is 33.4. The lowest BCUT2D eigenvalue weighted by molar-refractivity contribution is 0.332. The van der Waals surface area contributed by atoms with Crippen LogP contribution in [0.3, 0.4) is 0 Å². The van der Waals surface area contributed by atoms with Gasteiger partial charge in [-0.1, -0.05) is 143 Å². The zero-order valence-electron chi connectivity index (χ0n) is 33.2. The van der Waals surface area contributed by atoms with Gasteiger partial charge in [0.1, 0.15) is 0 Å². The summed E-state index contributed by atoms with van der Waals surface area (Å²) in [5.41, 5.74) is 11.9. The van der Waals surface area contributed by atoms with Crippen molar-refractivity contribution in [3.63, 3.8) is 0 Å². The van der Waals surface area contributed by atoms with Gasteiger partial charge in [0.2, 0.25) is 5.95 Å². The van der Waals surface area contributed by atoms with Crippen LogP contribution in [0.4, 0.5) is 0 Å². The monoisotopic (exact) mass is 746 g/mol. The first-order valence-corrected chi connectivity index (χ1v) is 20.6. The Bertz CT molecular complexity index is 3510. The third kappa shape index (κ3) is 4.69. The van der Waals surface area contributed by atoms with Crippen LogP contribution in [-0.4, -0.2) is 19.1 Å². The Labute approximate surface area is 337 Å². The Kier molecular flexibility index (Phi) is 6.83. The summed E-state index contributed by atoms with van der Waals surface area (Å²) >= 11 is 0. The van der Waals surface area contributed by atoms with Crippen molar-refractivity contribution in [2.45, 2.75) is 51.4 Å². The van der Waals surface area contributed by atoms with Gasteiger partial charge < -0.3 is 4.57 Å². The Morgan fingerprint density at radius 2 is 1.10 bits per heavy atom. The Morgan fingerprint density at radius 1 is 0.448 bits per heavy atom. The van der Waals surface area contributed by atoms with Gasteiger partial charge in [-0.15, -0.1) is 0 Å². The van der Waals surface area contributed by atoms with Crippen LogP contribution in [0.15, 0.2) is 158 Å². The van der Waals surface area contributed by atoms with Crippen LogP contribution in [0, 0.1) is 0 Å². The minimum atomic E-state index is 0.0808. The molecule has 278 valence electrons. The number of para-hydroxylation sites is 2. The van der Waals surface area contributed by atoms with Gasteiger partial charge in [-0.05, 0) is 93.4 Å². The number of nitrogens with zero attached hydrogens (tertiary/aromatic N) is 4. The highest BCUT2D eigenvalue weighted by Gasteiger charge is 2.38. The van der Waals surface area contributed by atoms with Crippen LogP contribution in [0.1, 0.15) is 51.7 Å². The van der Waals surface area contributed by atoms with Gasteiger partial charge in [0.15, 0.2) is 0 Å². The van der Waals surface area contributed by atoms with E-state index in [2.05, 4.69) is 195 Å². The molecule has 3 heterocycles. The summed E-state index contributed by atoms with van der Waals surface area (Å²) in [6, 6.07) is 57.7. The van der Waals surface area contributed by atoms with E-state index in [1.165, 1.54) is 78.1 Å². The lowest BCUT2D eigenvalue weighted by Gasteiger charge is -2.42. The molecule has 4 heteroatoms. The third-order valence-electron chi connectivity index (χ3n) is 13.3. The number of aromatic nitrogens is 4. The van der Waals surface area contributed by atoms with Crippen molar-refractivity contribution < 1.29 is 0 Å². The van der Waals surface area contributed by atoms with Crippen LogP contribution in [0.2, 0.25) is 0 Å². The summed E-state index contributed by atoms with van der Waals surface area (Å²) in [5.74, 6) is 0.666. The van der Waals surface area contributed by atoms with E-state index < -0.39 is 0 Å². The van der Waals surface area contributed by atoms with Crippen LogP contribution >= 0.6 is 0 Å². The van der Waals surface area contributed by atoms with Crippen molar-refractivity contribution in [3.8, 4) is 22.9 Å². The lowest BCUT2D eigenvalue weighted by atomic mass is 9.63. The van der Waals surface area contributed by atoms with Crippen molar-refractivity contribution in [3.05, 3.63) is 169 Å². The summed E-state index contributed by atoms with van der Waals surface area (Å²) in [6.45, 7) is 9.70.